The second kappa shape index (κ2) is 9.30. The predicted molar refractivity (Wildman–Crippen MR) is 133 cm³/mol. The number of rotatable bonds is 4. The van der Waals surface area contributed by atoms with Crippen molar-refractivity contribution in [2.45, 2.75) is 0 Å². The summed E-state index contributed by atoms with van der Waals surface area (Å²) < 4.78 is 21.1. The highest BCUT2D eigenvalue weighted by atomic mass is 127. The SMILES string of the molecule is C#CCOc1c(I)cc(/C=C2\SC(=S)N(c3ccc(F)c(Cl)c3)C2=O)cc1I. The van der Waals surface area contributed by atoms with Crippen LogP contribution < -0.4 is 9.64 Å². The molecule has 142 valence electrons. The molecule has 1 saturated heterocycles. The second-order valence-electron chi connectivity index (χ2n) is 5.42. The minimum absolute atomic E-state index is 0.0674. The number of carbonyl (C=O) groups is 1. The first-order chi connectivity index (χ1) is 13.3. The Morgan fingerprint density at radius 1 is 1.32 bits per heavy atom. The molecule has 3 nitrogen and oxygen atoms in total. The van der Waals surface area contributed by atoms with Crippen molar-refractivity contribution in [3.63, 3.8) is 0 Å². The van der Waals surface area contributed by atoms with Crippen LogP contribution in [-0.2, 0) is 4.79 Å². The third kappa shape index (κ3) is 4.64. The van der Waals surface area contributed by atoms with Gasteiger partial charge in [-0.2, -0.15) is 0 Å². The molecule has 1 aliphatic rings. The van der Waals surface area contributed by atoms with E-state index in [0.29, 0.717) is 20.7 Å². The molecule has 1 fully saturated rings. The Morgan fingerprint density at radius 3 is 2.61 bits per heavy atom. The molecule has 3 rings (SSSR count). The first kappa shape index (κ1) is 21.8. The second-order valence-corrected chi connectivity index (χ2v) is 9.83. The lowest BCUT2D eigenvalue weighted by molar-refractivity contribution is -0.113. The highest BCUT2D eigenvalue weighted by Crippen LogP contribution is 2.38. The molecule has 2 aromatic carbocycles. The van der Waals surface area contributed by atoms with Crippen molar-refractivity contribution in [2.75, 3.05) is 11.5 Å². The fourth-order valence-corrected chi connectivity index (χ4v) is 5.98. The molecule has 0 aromatic heterocycles. The van der Waals surface area contributed by atoms with E-state index in [1.54, 1.807) is 6.08 Å². The normalized spacial score (nSPS) is 15.2. The van der Waals surface area contributed by atoms with Gasteiger partial charge in [0.15, 0.2) is 4.32 Å². The predicted octanol–water partition coefficient (Wildman–Crippen LogP) is 6.11. The zero-order chi connectivity index (χ0) is 20.4. The number of benzene rings is 2. The monoisotopic (exact) mass is 655 g/mol. The molecule has 0 aliphatic carbocycles. The van der Waals surface area contributed by atoms with E-state index in [9.17, 15) is 9.18 Å². The summed E-state index contributed by atoms with van der Waals surface area (Å²) in [7, 11) is 0. The van der Waals surface area contributed by atoms with Gasteiger partial charge in [-0.3, -0.25) is 9.69 Å². The molecule has 0 saturated carbocycles. The van der Waals surface area contributed by atoms with Crippen LogP contribution in [0.1, 0.15) is 5.56 Å². The van der Waals surface area contributed by atoms with Crippen molar-refractivity contribution >= 4 is 103 Å². The van der Waals surface area contributed by atoms with Gasteiger partial charge < -0.3 is 4.74 Å². The molecule has 0 atom stereocenters. The first-order valence-electron chi connectivity index (χ1n) is 7.60. The number of thiocarbonyl (C=S) groups is 1. The van der Waals surface area contributed by atoms with Gasteiger partial charge in [0.1, 0.15) is 18.2 Å². The summed E-state index contributed by atoms with van der Waals surface area (Å²) in [5.41, 5.74) is 1.26. The van der Waals surface area contributed by atoms with E-state index in [-0.39, 0.29) is 17.5 Å². The van der Waals surface area contributed by atoms with Crippen LogP contribution in [-0.4, -0.2) is 16.8 Å². The molecule has 0 unspecified atom stereocenters. The average molecular weight is 656 g/mol. The number of halogens is 4. The highest BCUT2D eigenvalue weighted by Gasteiger charge is 2.33. The van der Waals surface area contributed by atoms with E-state index in [4.69, 9.17) is 35.0 Å². The van der Waals surface area contributed by atoms with Crippen LogP contribution in [0.15, 0.2) is 35.2 Å². The summed E-state index contributed by atoms with van der Waals surface area (Å²) in [6.07, 6.45) is 7.01. The maximum Gasteiger partial charge on any atom is 0.270 e. The average Bonchev–Trinajstić information content (AvgIpc) is 2.90. The van der Waals surface area contributed by atoms with E-state index in [2.05, 4.69) is 51.1 Å². The Kier molecular flexibility index (Phi) is 7.25. The van der Waals surface area contributed by atoms with Crippen LogP contribution >= 0.6 is 80.8 Å². The fourth-order valence-electron chi connectivity index (χ4n) is 2.38. The number of nitrogens with zero attached hydrogens (tertiary/aromatic N) is 1. The van der Waals surface area contributed by atoms with E-state index >= 15 is 0 Å². The summed E-state index contributed by atoms with van der Waals surface area (Å²) in [5, 5.41) is -0.0674. The lowest BCUT2D eigenvalue weighted by Crippen LogP contribution is -2.27. The third-order valence-corrected chi connectivity index (χ3v) is 6.77. The Hall–Kier alpha value is -0.870. The highest BCUT2D eigenvalue weighted by molar-refractivity contribution is 14.1. The number of amides is 1. The molecule has 1 heterocycles. The van der Waals surface area contributed by atoms with Gasteiger partial charge in [0.2, 0.25) is 0 Å². The Labute approximate surface area is 203 Å². The Balaban J connectivity index is 1.91. The van der Waals surface area contributed by atoms with Gasteiger partial charge in [0, 0.05) is 0 Å². The summed E-state index contributed by atoms with van der Waals surface area (Å²) in [6.45, 7) is 0.185. The number of anilines is 1. The maximum absolute atomic E-state index is 13.4. The van der Waals surface area contributed by atoms with Gasteiger partial charge in [-0.25, -0.2) is 4.39 Å². The van der Waals surface area contributed by atoms with Gasteiger partial charge in [0.25, 0.3) is 5.91 Å². The topological polar surface area (TPSA) is 29.5 Å². The lowest BCUT2D eigenvalue weighted by atomic mass is 10.2. The van der Waals surface area contributed by atoms with Crippen molar-refractivity contribution in [3.8, 4) is 18.1 Å². The zero-order valence-corrected chi connectivity index (χ0v) is 20.5. The zero-order valence-electron chi connectivity index (χ0n) is 13.8. The molecule has 0 spiro atoms. The van der Waals surface area contributed by atoms with Crippen molar-refractivity contribution in [3.05, 3.63) is 58.8 Å². The first-order valence-corrected chi connectivity index (χ1v) is 11.4. The Morgan fingerprint density at radius 2 is 2.00 bits per heavy atom. The molecular weight excluding hydrogens is 647 g/mol. The van der Waals surface area contributed by atoms with Crippen LogP contribution in [0, 0.1) is 25.3 Å². The van der Waals surface area contributed by atoms with E-state index in [1.165, 1.54) is 34.9 Å². The number of hydrogen-bond acceptors (Lipinski definition) is 4. The van der Waals surface area contributed by atoms with Gasteiger partial charge in [-0.1, -0.05) is 41.5 Å². The smallest absolute Gasteiger partial charge is 0.270 e. The molecule has 1 aliphatic heterocycles. The van der Waals surface area contributed by atoms with E-state index < -0.39 is 5.82 Å². The van der Waals surface area contributed by atoms with E-state index in [1.807, 2.05) is 12.1 Å². The molecule has 9 heteroatoms. The van der Waals surface area contributed by atoms with E-state index in [0.717, 1.165) is 12.7 Å². The fraction of sp³-hybridized carbons (Fsp3) is 0.0526. The number of thioether (sulfide) groups is 1. The standard InChI is InChI=1S/C19H9ClFI2NO2S2/c1-2-5-26-17-14(22)6-10(7-15(17)23)8-16-18(25)24(19(27)28-16)11-3-4-13(21)12(20)9-11/h1,3-4,6-9H,5H2/b16-8-. The molecule has 0 radical (unpaired) electrons. The lowest BCUT2D eigenvalue weighted by Gasteiger charge is -2.14. The van der Waals surface area contributed by atoms with Crippen molar-refractivity contribution in [1.82, 2.24) is 0 Å². The van der Waals surface area contributed by atoms with Crippen LogP contribution in [0.5, 0.6) is 5.75 Å². The van der Waals surface area contributed by atoms with Crippen LogP contribution in [0.4, 0.5) is 10.1 Å². The largest absolute Gasteiger partial charge is 0.479 e. The maximum atomic E-state index is 13.4. The van der Waals surface area contributed by atoms with Crippen LogP contribution in [0.2, 0.25) is 5.02 Å². The van der Waals surface area contributed by atoms with Gasteiger partial charge in [-0.15, -0.1) is 6.42 Å². The van der Waals surface area contributed by atoms with Gasteiger partial charge in [-0.05, 0) is 87.2 Å². The van der Waals surface area contributed by atoms with Crippen molar-refractivity contribution in [1.29, 1.82) is 0 Å². The summed E-state index contributed by atoms with van der Waals surface area (Å²) in [4.78, 5) is 14.7. The molecule has 2 aromatic rings. The number of terminal acetylenes is 1. The molecule has 1 amide bonds. The van der Waals surface area contributed by atoms with Crippen LogP contribution in [0.25, 0.3) is 6.08 Å². The number of hydrogen-bond donors (Lipinski definition) is 0. The van der Waals surface area contributed by atoms with Crippen molar-refractivity contribution in [2.24, 2.45) is 0 Å². The summed E-state index contributed by atoms with van der Waals surface area (Å²) in [6, 6.07) is 7.86. The number of carbonyl (C=O) groups excluding carboxylic acids is 1. The molecular formula is C19H9ClFI2NO2S2. The molecule has 28 heavy (non-hydrogen) atoms. The van der Waals surface area contributed by atoms with Gasteiger partial charge in [0.05, 0.1) is 22.8 Å². The third-order valence-electron chi connectivity index (χ3n) is 3.57. The van der Waals surface area contributed by atoms with Gasteiger partial charge >= 0.3 is 0 Å². The van der Waals surface area contributed by atoms with Crippen molar-refractivity contribution < 1.29 is 13.9 Å². The molecule has 0 bridgehead atoms. The molecule has 0 N–H and O–H groups in total. The minimum atomic E-state index is -0.553. The quantitative estimate of drug-likeness (QED) is 0.172. The Bertz CT molecular complexity index is 1050. The number of ether oxygens (including phenoxy) is 1. The summed E-state index contributed by atoms with van der Waals surface area (Å²) in [5.74, 6) is 2.32. The van der Waals surface area contributed by atoms with Crippen LogP contribution in [0.3, 0.4) is 0 Å². The minimum Gasteiger partial charge on any atom is -0.479 e. The summed E-state index contributed by atoms with van der Waals surface area (Å²) >= 11 is 16.7.